The first-order valence-electron chi connectivity index (χ1n) is 20.0. The largest absolute Gasteiger partial charge is 0.456 e. The molecule has 0 saturated heterocycles. The smallest absolute Gasteiger partial charge is 0.136 e. The van der Waals surface area contributed by atoms with Crippen molar-refractivity contribution in [2.45, 2.75) is 0 Å². The monoisotopic (exact) mass is 583 g/mol. The van der Waals surface area contributed by atoms with Gasteiger partial charge in [0.05, 0.1) is 15.1 Å². The first-order valence-corrected chi connectivity index (χ1v) is 14.5. The molecule has 210 valence electrons. The Morgan fingerprint density at radius 1 is 0.378 bits per heavy atom. The highest BCUT2D eigenvalue weighted by Gasteiger charge is 2.19. The van der Waals surface area contributed by atoms with E-state index < -0.39 is 54.4 Å². The van der Waals surface area contributed by atoms with Gasteiger partial charge in [0, 0.05) is 10.8 Å². The van der Waals surface area contributed by atoms with Gasteiger partial charge in [-0.05, 0) is 84.2 Å². The Kier molecular flexibility index (Phi) is 3.87. The molecule has 1 heteroatoms. The SMILES string of the molecule is [2H]c1c([2H])c([2H])c(-c2c([2H])c([2H])c([2H])c3oc4c([2H])c([2H])c(-c5c6ccccc6c(-c6ccc(-c7ccccc7)cc6)c6ccccc56)c([2H])c4c23)c([2H])c1[2H]. The molecule has 0 amide bonds. The molecule has 9 aromatic rings. The Morgan fingerprint density at radius 3 is 1.62 bits per heavy atom. The third kappa shape index (κ3) is 4.17. The van der Waals surface area contributed by atoms with Crippen LogP contribution in [-0.2, 0) is 0 Å². The molecule has 1 heterocycles. The summed E-state index contributed by atoms with van der Waals surface area (Å²) in [5.41, 5.74) is 3.46. The minimum absolute atomic E-state index is 0.0615. The van der Waals surface area contributed by atoms with Crippen LogP contribution in [0, 0.1) is 0 Å². The lowest BCUT2D eigenvalue weighted by molar-refractivity contribution is 0.669. The Hall–Kier alpha value is -5.92. The number of hydrogen-bond acceptors (Lipinski definition) is 1. The van der Waals surface area contributed by atoms with Crippen LogP contribution < -0.4 is 0 Å². The van der Waals surface area contributed by atoms with Crippen molar-refractivity contribution in [3.8, 4) is 44.5 Å². The van der Waals surface area contributed by atoms with E-state index in [4.69, 9.17) is 15.4 Å². The molecule has 0 aliphatic heterocycles. The number of furan rings is 1. The van der Waals surface area contributed by atoms with E-state index >= 15 is 0 Å². The van der Waals surface area contributed by atoms with Gasteiger partial charge in [-0.3, -0.25) is 0 Å². The van der Waals surface area contributed by atoms with Gasteiger partial charge in [0.2, 0.25) is 0 Å². The van der Waals surface area contributed by atoms with Crippen LogP contribution in [0.15, 0.2) is 174 Å². The summed E-state index contributed by atoms with van der Waals surface area (Å²) in [7, 11) is 0. The lowest BCUT2D eigenvalue weighted by Gasteiger charge is -2.18. The molecule has 0 N–H and O–H groups in total. The molecule has 1 nitrogen and oxygen atoms in total. The van der Waals surface area contributed by atoms with Gasteiger partial charge in [0.25, 0.3) is 0 Å². The summed E-state index contributed by atoms with van der Waals surface area (Å²) in [6, 6.07) is 27.8. The highest BCUT2D eigenvalue weighted by molar-refractivity contribution is 6.22. The second-order valence-corrected chi connectivity index (χ2v) is 10.8. The van der Waals surface area contributed by atoms with Gasteiger partial charge in [-0.1, -0.05) is 151 Å². The summed E-state index contributed by atoms with van der Waals surface area (Å²) < 4.78 is 103. The van der Waals surface area contributed by atoms with Crippen LogP contribution in [-0.4, -0.2) is 0 Å². The molecule has 0 radical (unpaired) electrons. The van der Waals surface area contributed by atoms with Crippen LogP contribution in [0.4, 0.5) is 0 Å². The standard InChI is InChI=1S/C44H28O/c1-3-12-29(13-4-1)30-22-24-32(25-23-30)42-35-16-7-9-18-37(35)43(38-19-10-8-17-36(38)42)33-26-27-40-39(28-33)44-34(20-11-21-41(44)45-40)31-14-5-2-6-15-31/h1-28H/i2D,5D,6D,11D,14D,15D,20D,21D,26D,27D,28D. The van der Waals surface area contributed by atoms with Crippen LogP contribution >= 0.6 is 0 Å². The van der Waals surface area contributed by atoms with Crippen molar-refractivity contribution in [2.75, 3.05) is 0 Å². The van der Waals surface area contributed by atoms with Gasteiger partial charge in [-0.25, -0.2) is 0 Å². The van der Waals surface area contributed by atoms with Crippen LogP contribution in [0.25, 0.3) is 88.0 Å². The van der Waals surface area contributed by atoms with E-state index in [0.29, 0.717) is 16.3 Å². The summed E-state index contributed by atoms with van der Waals surface area (Å²) in [5.74, 6) is 0. The second-order valence-electron chi connectivity index (χ2n) is 10.8. The van der Waals surface area contributed by atoms with E-state index in [2.05, 4.69) is 36.4 Å². The molecule has 0 saturated carbocycles. The van der Waals surface area contributed by atoms with Crippen LogP contribution in [0.5, 0.6) is 0 Å². The van der Waals surface area contributed by atoms with Gasteiger partial charge in [0.1, 0.15) is 11.2 Å². The van der Waals surface area contributed by atoms with Crippen molar-refractivity contribution in [3.63, 3.8) is 0 Å². The average Bonchev–Trinajstić information content (AvgIpc) is 3.63. The van der Waals surface area contributed by atoms with Crippen molar-refractivity contribution in [2.24, 2.45) is 0 Å². The predicted molar refractivity (Wildman–Crippen MR) is 190 cm³/mol. The summed E-state index contributed by atoms with van der Waals surface area (Å²) in [5, 5.41) is 2.95. The highest BCUT2D eigenvalue weighted by atomic mass is 16.3. The third-order valence-corrected chi connectivity index (χ3v) is 8.28. The summed E-state index contributed by atoms with van der Waals surface area (Å²) >= 11 is 0. The van der Waals surface area contributed by atoms with Gasteiger partial charge in [-0.2, -0.15) is 0 Å². The van der Waals surface area contributed by atoms with E-state index in [1.54, 1.807) is 0 Å². The molecule has 8 aromatic carbocycles. The Bertz CT molecular complexity index is 3050. The van der Waals surface area contributed by atoms with E-state index in [0.717, 1.165) is 33.0 Å². The zero-order valence-electron chi connectivity index (χ0n) is 34.7. The molecule has 0 aliphatic rings. The highest BCUT2D eigenvalue weighted by Crippen LogP contribution is 2.45. The summed E-state index contributed by atoms with van der Waals surface area (Å²) in [6.45, 7) is 0. The first-order chi connectivity index (χ1) is 26.9. The summed E-state index contributed by atoms with van der Waals surface area (Å²) in [4.78, 5) is 0. The Labute approximate surface area is 277 Å². The quantitative estimate of drug-likeness (QED) is 0.188. The number of benzene rings is 8. The van der Waals surface area contributed by atoms with E-state index in [-0.39, 0.29) is 50.7 Å². The topological polar surface area (TPSA) is 13.1 Å². The minimum atomic E-state index is -0.656. The number of fused-ring (bicyclic) bond motifs is 5. The first kappa shape index (κ1) is 16.8. The molecule has 0 spiro atoms. The fourth-order valence-corrected chi connectivity index (χ4v) is 6.31. The Balaban J connectivity index is 1.41. The molecule has 0 unspecified atom stereocenters. The molecule has 1 aromatic heterocycles. The lowest BCUT2D eigenvalue weighted by Crippen LogP contribution is -1.91. The predicted octanol–water partition coefficient (Wildman–Crippen LogP) is 12.6. The average molecular weight is 584 g/mol. The maximum Gasteiger partial charge on any atom is 0.136 e. The van der Waals surface area contributed by atoms with E-state index in [9.17, 15) is 4.11 Å². The summed E-state index contributed by atoms with van der Waals surface area (Å²) in [6.07, 6.45) is 0. The minimum Gasteiger partial charge on any atom is -0.456 e. The maximum absolute atomic E-state index is 9.84. The number of hydrogen-bond donors (Lipinski definition) is 0. The fourth-order valence-electron chi connectivity index (χ4n) is 6.31. The molecule has 0 fully saturated rings. The van der Waals surface area contributed by atoms with Crippen molar-refractivity contribution in [1.29, 1.82) is 0 Å². The van der Waals surface area contributed by atoms with E-state index in [1.807, 2.05) is 66.7 Å². The van der Waals surface area contributed by atoms with Crippen molar-refractivity contribution < 1.29 is 19.5 Å². The van der Waals surface area contributed by atoms with Crippen molar-refractivity contribution in [1.82, 2.24) is 0 Å². The van der Waals surface area contributed by atoms with Gasteiger partial charge in [-0.15, -0.1) is 0 Å². The van der Waals surface area contributed by atoms with E-state index in [1.165, 1.54) is 0 Å². The zero-order chi connectivity index (χ0) is 39.3. The van der Waals surface area contributed by atoms with Crippen molar-refractivity contribution >= 4 is 43.5 Å². The van der Waals surface area contributed by atoms with Crippen LogP contribution in [0.1, 0.15) is 15.1 Å². The molecular weight excluding hydrogens is 544 g/mol. The third-order valence-electron chi connectivity index (χ3n) is 8.28. The second kappa shape index (κ2) is 10.4. The molecule has 0 aliphatic carbocycles. The van der Waals surface area contributed by atoms with Gasteiger partial charge >= 0.3 is 0 Å². The van der Waals surface area contributed by atoms with Crippen molar-refractivity contribution in [3.05, 3.63) is 170 Å². The fraction of sp³-hybridized carbons (Fsp3) is 0. The number of rotatable bonds is 4. The molecule has 9 rings (SSSR count). The Morgan fingerprint density at radius 2 is 0.956 bits per heavy atom. The molecule has 0 bridgehead atoms. The molecular formula is C44H28O. The van der Waals surface area contributed by atoms with Crippen LogP contribution in [0.2, 0.25) is 0 Å². The lowest BCUT2D eigenvalue weighted by atomic mass is 9.85. The van der Waals surface area contributed by atoms with Crippen LogP contribution in [0.3, 0.4) is 0 Å². The maximum atomic E-state index is 9.84. The molecule has 0 atom stereocenters. The van der Waals surface area contributed by atoms with Gasteiger partial charge < -0.3 is 4.42 Å². The normalized spacial score (nSPS) is 15.0. The zero-order valence-corrected chi connectivity index (χ0v) is 23.7. The molecule has 45 heavy (non-hydrogen) atoms. The van der Waals surface area contributed by atoms with Gasteiger partial charge in [0.15, 0.2) is 0 Å².